The molecule has 0 spiro atoms. The Bertz CT molecular complexity index is 1320. The molecule has 1 aliphatic rings. The number of nitrogens with zero attached hydrogens (tertiary/aromatic N) is 3. The van der Waals surface area contributed by atoms with Crippen LogP contribution in [0.4, 0.5) is 8.78 Å². The number of amides is 1. The summed E-state index contributed by atoms with van der Waals surface area (Å²) in [6.45, 7) is 2.54. The predicted octanol–water partition coefficient (Wildman–Crippen LogP) is 6.76. The molecule has 0 saturated carbocycles. The summed E-state index contributed by atoms with van der Waals surface area (Å²) < 4.78 is 27.6. The van der Waals surface area contributed by atoms with E-state index in [4.69, 9.17) is 0 Å². The second kappa shape index (κ2) is 9.72. The zero-order valence-electron chi connectivity index (χ0n) is 18.6. The van der Waals surface area contributed by atoms with Crippen LogP contribution in [0.15, 0.2) is 53.9 Å². The zero-order chi connectivity index (χ0) is 23.7. The third-order valence-electron chi connectivity index (χ3n) is 6.04. The summed E-state index contributed by atoms with van der Waals surface area (Å²) in [6, 6.07) is 12.8. The van der Waals surface area contributed by atoms with E-state index in [2.05, 4.69) is 9.97 Å². The van der Waals surface area contributed by atoms with Crippen LogP contribution in [0, 0.1) is 18.6 Å². The normalized spacial score (nSPS) is 16.1. The molecule has 1 saturated heterocycles. The number of aromatic nitrogens is 2. The van der Waals surface area contributed by atoms with Gasteiger partial charge in [-0.3, -0.25) is 4.79 Å². The number of piperidine rings is 1. The maximum absolute atomic E-state index is 14.2. The first kappa shape index (κ1) is 22.8. The number of rotatable bonds is 5. The van der Waals surface area contributed by atoms with Crippen molar-refractivity contribution in [2.24, 2.45) is 0 Å². The van der Waals surface area contributed by atoms with E-state index in [1.165, 1.54) is 40.9 Å². The average molecular weight is 496 g/mol. The van der Waals surface area contributed by atoms with Gasteiger partial charge in [-0.15, -0.1) is 22.7 Å². The van der Waals surface area contributed by atoms with Gasteiger partial charge in [0.05, 0.1) is 20.6 Å². The highest BCUT2D eigenvalue weighted by Gasteiger charge is 2.31. The zero-order valence-corrected chi connectivity index (χ0v) is 20.3. The van der Waals surface area contributed by atoms with E-state index in [1.54, 1.807) is 30.3 Å². The van der Waals surface area contributed by atoms with Gasteiger partial charge in [-0.2, -0.15) is 0 Å². The van der Waals surface area contributed by atoms with Crippen molar-refractivity contribution < 1.29 is 13.6 Å². The Morgan fingerprint density at radius 1 is 1.09 bits per heavy atom. The fourth-order valence-corrected chi connectivity index (χ4v) is 6.17. The van der Waals surface area contributed by atoms with Crippen molar-refractivity contribution >= 4 is 28.6 Å². The molecule has 1 atom stereocenters. The van der Waals surface area contributed by atoms with Crippen LogP contribution in [-0.2, 0) is 6.42 Å². The quantitative estimate of drug-likeness (QED) is 0.307. The molecule has 0 aliphatic carbocycles. The maximum Gasteiger partial charge on any atom is 0.274 e. The van der Waals surface area contributed by atoms with E-state index in [1.807, 2.05) is 17.2 Å². The highest BCUT2D eigenvalue weighted by atomic mass is 32.1. The summed E-state index contributed by atoms with van der Waals surface area (Å²) in [4.78, 5) is 25.6. The lowest BCUT2D eigenvalue weighted by atomic mass is 9.98. The molecule has 5 rings (SSSR count). The van der Waals surface area contributed by atoms with Gasteiger partial charge in [-0.05, 0) is 56.0 Å². The number of halogens is 2. The van der Waals surface area contributed by atoms with Crippen molar-refractivity contribution in [2.45, 2.75) is 38.6 Å². The van der Waals surface area contributed by atoms with E-state index in [-0.39, 0.29) is 23.6 Å². The largest absolute Gasteiger partial charge is 0.334 e. The third-order valence-corrected chi connectivity index (χ3v) is 7.93. The van der Waals surface area contributed by atoms with Crippen molar-refractivity contribution in [1.82, 2.24) is 14.9 Å². The Kier molecular flexibility index (Phi) is 6.52. The van der Waals surface area contributed by atoms with Crippen LogP contribution in [0.1, 0.15) is 39.8 Å². The SMILES string of the molecule is Cc1nc(C(=O)N2CCCCC2Cc2nc(-c3ccccc3F)cs2)c(-c2ccc(F)cc2)s1. The minimum atomic E-state index is -0.313. The molecule has 0 radical (unpaired) electrons. The first-order chi connectivity index (χ1) is 16.5. The number of carbonyl (C=O) groups excluding carboxylic acids is 1. The summed E-state index contributed by atoms with van der Waals surface area (Å²) in [6.07, 6.45) is 3.49. The van der Waals surface area contributed by atoms with E-state index in [0.29, 0.717) is 29.9 Å². The van der Waals surface area contributed by atoms with Gasteiger partial charge in [0.25, 0.3) is 5.91 Å². The van der Waals surface area contributed by atoms with Crippen LogP contribution in [0.2, 0.25) is 0 Å². The van der Waals surface area contributed by atoms with Crippen LogP contribution in [0.3, 0.4) is 0 Å². The molecule has 0 bridgehead atoms. The van der Waals surface area contributed by atoms with Crippen molar-refractivity contribution in [1.29, 1.82) is 0 Å². The van der Waals surface area contributed by atoms with Crippen LogP contribution < -0.4 is 0 Å². The van der Waals surface area contributed by atoms with E-state index in [0.717, 1.165) is 39.7 Å². The topological polar surface area (TPSA) is 46.1 Å². The van der Waals surface area contributed by atoms with Gasteiger partial charge in [0.1, 0.15) is 17.3 Å². The monoisotopic (exact) mass is 495 g/mol. The number of benzene rings is 2. The summed E-state index contributed by atoms with van der Waals surface area (Å²) in [5.74, 6) is -0.701. The molecular weight excluding hydrogens is 472 g/mol. The molecule has 1 unspecified atom stereocenters. The third kappa shape index (κ3) is 4.65. The molecule has 2 aromatic carbocycles. The second-order valence-corrected chi connectivity index (χ2v) is 10.5. The first-order valence-electron chi connectivity index (χ1n) is 11.2. The number of aryl methyl sites for hydroxylation is 1. The first-order valence-corrected chi connectivity index (χ1v) is 12.9. The average Bonchev–Trinajstić information content (AvgIpc) is 3.46. The van der Waals surface area contributed by atoms with Crippen molar-refractivity contribution in [3.63, 3.8) is 0 Å². The Hall–Kier alpha value is -2.97. The molecule has 1 amide bonds. The lowest BCUT2D eigenvalue weighted by Gasteiger charge is -2.35. The van der Waals surface area contributed by atoms with Crippen molar-refractivity contribution in [3.05, 3.63) is 81.3 Å². The second-order valence-electron chi connectivity index (χ2n) is 8.38. The molecule has 4 nitrogen and oxygen atoms in total. The van der Waals surface area contributed by atoms with Crippen molar-refractivity contribution in [3.8, 4) is 21.7 Å². The van der Waals surface area contributed by atoms with E-state index < -0.39 is 0 Å². The molecule has 174 valence electrons. The molecule has 4 aromatic rings. The van der Waals surface area contributed by atoms with Crippen molar-refractivity contribution in [2.75, 3.05) is 6.54 Å². The summed E-state index contributed by atoms with van der Waals surface area (Å²) in [7, 11) is 0. The lowest BCUT2D eigenvalue weighted by Crippen LogP contribution is -2.45. The van der Waals surface area contributed by atoms with Gasteiger partial charge in [-0.1, -0.05) is 24.3 Å². The number of thiazole rings is 2. The number of likely N-dealkylation sites (tertiary alicyclic amines) is 1. The lowest BCUT2D eigenvalue weighted by molar-refractivity contribution is 0.0609. The summed E-state index contributed by atoms with van der Waals surface area (Å²) in [5, 5.41) is 3.56. The van der Waals surface area contributed by atoms with Crippen LogP contribution in [0.25, 0.3) is 21.7 Å². The molecule has 1 aliphatic heterocycles. The molecule has 2 aromatic heterocycles. The standard InChI is InChI=1S/C26H23F2N3OS2/c1-16-29-24(25(34-16)17-9-11-18(27)12-10-17)26(32)31-13-5-4-6-19(31)14-23-30-22(15-33-23)20-7-2-3-8-21(20)28/h2-3,7-12,15,19H,4-6,13-14H2,1H3. The van der Waals surface area contributed by atoms with Gasteiger partial charge in [0.2, 0.25) is 0 Å². The van der Waals surface area contributed by atoms with Gasteiger partial charge < -0.3 is 4.90 Å². The molecule has 1 fully saturated rings. The Balaban J connectivity index is 1.39. The Morgan fingerprint density at radius 3 is 2.68 bits per heavy atom. The minimum Gasteiger partial charge on any atom is -0.334 e. The predicted molar refractivity (Wildman–Crippen MR) is 132 cm³/mol. The summed E-state index contributed by atoms with van der Waals surface area (Å²) in [5.41, 5.74) is 2.33. The fourth-order valence-electron chi connectivity index (χ4n) is 4.38. The van der Waals surface area contributed by atoms with E-state index >= 15 is 0 Å². The smallest absolute Gasteiger partial charge is 0.274 e. The van der Waals surface area contributed by atoms with Crippen LogP contribution in [-0.4, -0.2) is 33.4 Å². The maximum atomic E-state index is 14.2. The molecule has 8 heteroatoms. The van der Waals surface area contributed by atoms with Gasteiger partial charge in [0, 0.05) is 30.0 Å². The number of hydrogen-bond donors (Lipinski definition) is 0. The van der Waals surface area contributed by atoms with Crippen LogP contribution >= 0.6 is 22.7 Å². The van der Waals surface area contributed by atoms with E-state index in [9.17, 15) is 13.6 Å². The van der Waals surface area contributed by atoms with Gasteiger partial charge >= 0.3 is 0 Å². The Labute approximate surface area is 204 Å². The molecule has 3 heterocycles. The molecule has 34 heavy (non-hydrogen) atoms. The molecule has 0 N–H and O–H groups in total. The highest BCUT2D eigenvalue weighted by Crippen LogP contribution is 2.33. The number of carbonyl (C=O) groups is 1. The minimum absolute atomic E-state index is 0.00365. The van der Waals surface area contributed by atoms with Gasteiger partial charge in [-0.25, -0.2) is 18.7 Å². The highest BCUT2D eigenvalue weighted by molar-refractivity contribution is 7.15. The van der Waals surface area contributed by atoms with Crippen LogP contribution in [0.5, 0.6) is 0 Å². The summed E-state index contributed by atoms with van der Waals surface area (Å²) >= 11 is 2.94. The van der Waals surface area contributed by atoms with Gasteiger partial charge in [0.15, 0.2) is 0 Å². The fraction of sp³-hybridized carbons (Fsp3) is 0.269. The number of hydrogen-bond acceptors (Lipinski definition) is 5. The Morgan fingerprint density at radius 2 is 1.88 bits per heavy atom. The molecular formula is C26H23F2N3OS2.